The number of carbonyl (C=O) groups is 1. The summed E-state index contributed by atoms with van der Waals surface area (Å²) in [6.45, 7) is 0.877. The normalized spacial score (nSPS) is 25.8. The van der Waals surface area contributed by atoms with Crippen molar-refractivity contribution >= 4 is 5.91 Å². The summed E-state index contributed by atoms with van der Waals surface area (Å²) in [5, 5.41) is 7.21. The van der Waals surface area contributed by atoms with Crippen molar-refractivity contribution in [2.75, 3.05) is 0 Å². The van der Waals surface area contributed by atoms with Gasteiger partial charge in [0.1, 0.15) is 5.69 Å². The molecular weight excluding hydrogens is 264 g/mol. The number of halogens is 2. The van der Waals surface area contributed by atoms with E-state index in [0.717, 1.165) is 25.1 Å². The Morgan fingerprint density at radius 3 is 2.75 bits per heavy atom. The first-order valence-corrected chi connectivity index (χ1v) is 7.29. The summed E-state index contributed by atoms with van der Waals surface area (Å²) in [6.07, 6.45) is 2.07. The Morgan fingerprint density at radius 1 is 1.35 bits per heavy atom. The average molecular weight is 283 g/mol. The summed E-state index contributed by atoms with van der Waals surface area (Å²) in [6, 6.07) is 1.85. The third kappa shape index (κ3) is 2.69. The molecule has 2 heterocycles. The number of rotatable bonds is 3. The summed E-state index contributed by atoms with van der Waals surface area (Å²) >= 11 is 0. The molecule has 1 amide bonds. The summed E-state index contributed by atoms with van der Waals surface area (Å²) in [7, 11) is 0. The maximum absolute atomic E-state index is 12.6. The molecule has 0 aromatic carbocycles. The van der Waals surface area contributed by atoms with E-state index in [1.165, 1.54) is 0 Å². The third-order valence-corrected chi connectivity index (χ3v) is 4.36. The van der Waals surface area contributed by atoms with Gasteiger partial charge in [0.15, 0.2) is 0 Å². The number of fused-ring (bicyclic) bond motifs is 1. The average Bonchev–Trinajstić information content (AvgIpc) is 2.99. The number of alkyl halides is 2. The lowest BCUT2D eigenvalue weighted by molar-refractivity contribution is 0.0499. The van der Waals surface area contributed by atoms with Gasteiger partial charge in [-0.25, -0.2) is 8.78 Å². The third-order valence-electron chi connectivity index (χ3n) is 4.36. The largest absolute Gasteiger partial charge is 0.348 e. The van der Waals surface area contributed by atoms with E-state index in [-0.39, 0.29) is 11.9 Å². The van der Waals surface area contributed by atoms with Crippen LogP contribution in [0.25, 0.3) is 0 Å². The minimum atomic E-state index is -2.23. The number of aryl methyl sites for hydroxylation is 2. The first-order valence-electron chi connectivity index (χ1n) is 7.29. The maximum Gasteiger partial charge on any atom is 0.272 e. The molecular formula is C14H19F2N3O. The lowest BCUT2D eigenvalue weighted by Crippen LogP contribution is -2.38. The Kier molecular flexibility index (Phi) is 3.72. The Bertz CT molecular complexity index is 471. The highest BCUT2D eigenvalue weighted by Gasteiger charge is 2.28. The van der Waals surface area contributed by atoms with Crippen molar-refractivity contribution < 1.29 is 13.6 Å². The number of hydrogen-bond donors (Lipinski definition) is 1. The van der Waals surface area contributed by atoms with Crippen LogP contribution in [0, 0.1) is 5.92 Å². The fourth-order valence-corrected chi connectivity index (χ4v) is 3.15. The van der Waals surface area contributed by atoms with Gasteiger partial charge < -0.3 is 5.32 Å². The van der Waals surface area contributed by atoms with Crippen LogP contribution in [0.1, 0.15) is 48.3 Å². The quantitative estimate of drug-likeness (QED) is 0.926. The summed E-state index contributed by atoms with van der Waals surface area (Å²) < 4.78 is 27.0. The number of carbonyl (C=O) groups excluding carboxylic acids is 1. The van der Waals surface area contributed by atoms with Crippen molar-refractivity contribution in [2.45, 2.75) is 57.5 Å². The van der Waals surface area contributed by atoms with E-state index < -0.39 is 12.3 Å². The first kappa shape index (κ1) is 13.5. The smallest absolute Gasteiger partial charge is 0.272 e. The van der Waals surface area contributed by atoms with Gasteiger partial charge in [0.25, 0.3) is 5.91 Å². The molecule has 0 bridgehead atoms. The lowest BCUT2D eigenvalue weighted by atomic mass is 9.86. The number of amides is 1. The minimum Gasteiger partial charge on any atom is -0.348 e. The zero-order valence-electron chi connectivity index (χ0n) is 11.3. The van der Waals surface area contributed by atoms with Gasteiger partial charge in [0, 0.05) is 24.2 Å². The predicted octanol–water partition coefficient (Wildman–Crippen LogP) is 2.38. The molecule has 0 atom stereocenters. The van der Waals surface area contributed by atoms with Gasteiger partial charge in [0.2, 0.25) is 6.43 Å². The Balaban J connectivity index is 1.54. The fourth-order valence-electron chi connectivity index (χ4n) is 3.15. The maximum atomic E-state index is 12.6. The van der Waals surface area contributed by atoms with Crippen LogP contribution in [0.4, 0.5) is 8.78 Å². The van der Waals surface area contributed by atoms with Crippen LogP contribution in [0.5, 0.6) is 0 Å². The molecule has 0 unspecified atom stereocenters. The second-order valence-corrected chi connectivity index (χ2v) is 5.77. The number of nitrogens with zero attached hydrogens (tertiary/aromatic N) is 2. The Labute approximate surface area is 116 Å². The molecule has 1 saturated carbocycles. The zero-order valence-corrected chi connectivity index (χ0v) is 11.3. The summed E-state index contributed by atoms with van der Waals surface area (Å²) in [5.41, 5.74) is 1.56. The molecule has 1 aromatic rings. The highest BCUT2D eigenvalue weighted by Crippen LogP contribution is 2.29. The van der Waals surface area contributed by atoms with Crippen molar-refractivity contribution in [3.8, 4) is 0 Å². The van der Waals surface area contributed by atoms with Crippen molar-refractivity contribution in [3.63, 3.8) is 0 Å². The number of aromatic nitrogens is 2. The van der Waals surface area contributed by atoms with Crippen LogP contribution in [0.3, 0.4) is 0 Å². The second-order valence-electron chi connectivity index (χ2n) is 5.77. The molecule has 1 aliphatic heterocycles. The molecule has 110 valence electrons. The van der Waals surface area contributed by atoms with Crippen molar-refractivity contribution in [2.24, 2.45) is 5.92 Å². The molecule has 0 spiro atoms. The van der Waals surface area contributed by atoms with Gasteiger partial charge in [-0.2, -0.15) is 5.10 Å². The molecule has 0 saturated heterocycles. The van der Waals surface area contributed by atoms with Gasteiger partial charge in [-0.15, -0.1) is 0 Å². The van der Waals surface area contributed by atoms with E-state index in [2.05, 4.69) is 10.4 Å². The molecule has 3 rings (SSSR count). The summed E-state index contributed by atoms with van der Waals surface area (Å²) in [4.78, 5) is 12.1. The fraction of sp³-hybridized carbons (Fsp3) is 0.714. The van der Waals surface area contributed by atoms with Crippen molar-refractivity contribution in [1.82, 2.24) is 15.1 Å². The van der Waals surface area contributed by atoms with E-state index >= 15 is 0 Å². The van der Waals surface area contributed by atoms with Crippen LogP contribution in [-0.2, 0) is 13.0 Å². The molecule has 1 N–H and O–H groups in total. The molecule has 0 radical (unpaired) electrons. The molecule has 1 aromatic heterocycles. The van der Waals surface area contributed by atoms with Crippen LogP contribution in [-0.4, -0.2) is 28.2 Å². The van der Waals surface area contributed by atoms with E-state index in [1.54, 1.807) is 0 Å². The lowest BCUT2D eigenvalue weighted by Gasteiger charge is -2.28. The summed E-state index contributed by atoms with van der Waals surface area (Å²) in [5.74, 6) is -0.674. The van der Waals surface area contributed by atoms with Crippen LogP contribution < -0.4 is 5.32 Å². The van der Waals surface area contributed by atoms with E-state index in [4.69, 9.17) is 0 Å². The molecule has 2 aliphatic rings. The number of hydrogen-bond acceptors (Lipinski definition) is 2. The topological polar surface area (TPSA) is 46.9 Å². The second kappa shape index (κ2) is 5.50. The van der Waals surface area contributed by atoms with Crippen LogP contribution in [0.15, 0.2) is 6.07 Å². The zero-order chi connectivity index (χ0) is 14.1. The highest BCUT2D eigenvalue weighted by molar-refractivity contribution is 5.92. The van der Waals surface area contributed by atoms with Gasteiger partial charge in [-0.3, -0.25) is 9.48 Å². The van der Waals surface area contributed by atoms with Crippen LogP contribution >= 0.6 is 0 Å². The molecule has 6 heteroatoms. The SMILES string of the molecule is O=C(NC1CCC(C(F)F)CC1)c1cc2n(n1)CCC2. The molecule has 1 aliphatic carbocycles. The predicted molar refractivity (Wildman–Crippen MR) is 69.8 cm³/mol. The molecule has 4 nitrogen and oxygen atoms in total. The molecule has 1 fully saturated rings. The highest BCUT2D eigenvalue weighted by atomic mass is 19.3. The van der Waals surface area contributed by atoms with Gasteiger partial charge in [-0.05, 0) is 44.6 Å². The minimum absolute atomic E-state index is 0.00837. The van der Waals surface area contributed by atoms with E-state index in [0.29, 0.717) is 31.4 Å². The first-order chi connectivity index (χ1) is 9.63. The van der Waals surface area contributed by atoms with Crippen LogP contribution in [0.2, 0.25) is 0 Å². The van der Waals surface area contributed by atoms with Gasteiger partial charge in [-0.1, -0.05) is 0 Å². The Hall–Kier alpha value is -1.46. The Morgan fingerprint density at radius 2 is 2.10 bits per heavy atom. The molecule has 20 heavy (non-hydrogen) atoms. The monoisotopic (exact) mass is 283 g/mol. The van der Waals surface area contributed by atoms with E-state index in [1.807, 2.05) is 10.7 Å². The van der Waals surface area contributed by atoms with Crippen molar-refractivity contribution in [1.29, 1.82) is 0 Å². The number of nitrogens with one attached hydrogen (secondary N) is 1. The van der Waals surface area contributed by atoms with E-state index in [9.17, 15) is 13.6 Å². The van der Waals surface area contributed by atoms with Gasteiger partial charge >= 0.3 is 0 Å². The van der Waals surface area contributed by atoms with Crippen molar-refractivity contribution in [3.05, 3.63) is 17.5 Å². The van der Waals surface area contributed by atoms with Gasteiger partial charge in [0.05, 0.1) is 0 Å². The standard InChI is InChI=1S/C14H19F2N3O/c15-13(16)9-3-5-10(6-4-9)17-14(20)12-8-11-2-1-7-19(11)18-12/h8-10,13H,1-7H2,(H,17,20).